The van der Waals surface area contributed by atoms with Crippen molar-refractivity contribution in [2.45, 2.75) is 44.3 Å². The average Bonchev–Trinajstić information content (AvgIpc) is 3.14. The van der Waals surface area contributed by atoms with Crippen LogP contribution in [0.15, 0.2) is 22.9 Å². The molecule has 0 unspecified atom stereocenters. The van der Waals surface area contributed by atoms with Crippen LogP contribution in [-0.4, -0.2) is 51.2 Å². The van der Waals surface area contributed by atoms with Crippen LogP contribution in [0.5, 0.6) is 0 Å². The van der Waals surface area contributed by atoms with E-state index >= 15 is 0 Å². The molecule has 1 saturated carbocycles. The van der Waals surface area contributed by atoms with Gasteiger partial charge in [-0.15, -0.1) is 10.2 Å². The van der Waals surface area contributed by atoms with E-state index in [1.54, 1.807) is 12.4 Å². The summed E-state index contributed by atoms with van der Waals surface area (Å²) in [4.78, 5) is 8.80. The molecule has 128 valence electrons. The molecule has 1 saturated heterocycles. The molecular formula is C17H22ClN5O. The SMILES string of the molecule is CN(Cc1nnc(C2CC2)o1)[C@H]1CCN(Cc2ccncc2Cl)C1. The summed E-state index contributed by atoms with van der Waals surface area (Å²) < 4.78 is 5.77. The first-order valence-corrected chi connectivity index (χ1v) is 8.90. The molecule has 4 rings (SSSR count). The third kappa shape index (κ3) is 3.61. The number of nitrogens with zero attached hydrogens (tertiary/aromatic N) is 5. The molecule has 0 N–H and O–H groups in total. The van der Waals surface area contributed by atoms with Gasteiger partial charge in [0.05, 0.1) is 11.6 Å². The molecule has 3 heterocycles. The van der Waals surface area contributed by atoms with E-state index in [-0.39, 0.29) is 0 Å². The van der Waals surface area contributed by atoms with Crippen LogP contribution in [0, 0.1) is 0 Å². The first-order chi connectivity index (χ1) is 11.7. The second-order valence-corrected chi connectivity index (χ2v) is 7.28. The Morgan fingerprint density at radius 2 is 2.21 bits per heavy atom. The molecule has 0 bridgehead atoms. The Labute approximate surface area is 146 Å². The number of likely N-dealkylation sites (N-methyl/N-ethyl adjacent to an activating group) is 1. The number of halogens is 1. The van der Waals surface area contributed by atoms with E-state index in [0.717, 1.165) is 48.4 Å². The first-order valence-electron chi connectivity index (χ1n) is 8.52. The average molecular weight is 348 g/mol. The van der Waals surface area contributed by atoms with Gasteiger partial charge in [-0.3, -0.25) is 14.8 Å². The Bertz CT molecular complexity index is 702. The molecule has 1 aliphatic carbocycles. The van der Waals surface area contributed by atoms with Crippen molar-refractivity contribution in [3.8, 4) is 0 Å². The van der Waals surface area contributed by atoms with Crippen molar-refractivity contribution in [1.29, 1.82) is 0 Å². The standard InChI is InChI=1S/C17H22ClN5O/c1-22(11-16-20-21-17(24-16)12-2-3-12)14-5-7-23(10-14)9-13-4-6-19-8-15(13)18/h4,6,8,12,14H,2-3,5,7,9-11H2,1H3/t14-/m0/s1. The molecule has 1 aliphatic heterocycles. The molecule has 0 aromatic carbocycles. The number of hydrogen-bond donors (Lipinski definition) is 0. The Kier molecular flexibility index (Phi) is 4.52. The lowest BCUT2D eigenvalue weighted by Crippen LogP contribution is -2.34. The van der Waals surface area contributed by atoms with E-state index in [1.807, 2.05) is 6.07 Å². The highest BCUT2D eigenvalue weighted by molar-refractivity contribution is 6.31. The maximum absolute atomic E-state index is 6.21. The lowest BCUT2D eigenvalue weighted by atomic mass is 10.2. The van der Waals surface area contributed by atoms with Gasteiger partial charge >= 0.3 is 0 Å². The highest BCUT2D eigenvalue weighted by Gasteiger charge is 2.30. The maximum atomic E-state index is 6.21. The van der Waals surface area contributed by atoms with Crippen LogP contribution in [-0.2, 0) is 13.1 Å². The molecule has 0 spiro atoms. The van der Waals surface area contributed by atoms with Gasteiger partial charge in [0.15, 0.2) is 0 Å². The van der Waals surface area contributed by atoms with Crippen molar-refractivity contribution in [2.75, 3.05) is 20.1 Å². The van der Waals surface area contributed by atoms with Gasteiger partial charge in [-0.2, -0.15) is 0 Å². The second-order valence-electron chi connectivity index (χ2n) is 6.87. The van der Waals surface area contributed by atoms with E-state index in [0.29, 0.717) is 18.5 Å². The summed E-state index contributed by atoms with van der Waals surface area (Å²) in [5.74, 6) is 2.07. The van der Waals surface area contributed by atoms with Gasteiger partial charge in [0.2, 0.25) is 11.8 Å². The van der Waals surface area contributed by atoms with Gasteiger partial charge in [0, 0.05) is 44.0 Å². The van der Waals surface area contributed by atoms with Crippen LogP contribution in [0.25, 0.3) is 0 Å². The number of likely N-dealkylation sites (tertiary alicyclic amines) is 1. The quantitative estimate of drug-likeness (QED) is 0.800. The monoisotopic (exact) mass is 347 g/mol. The van der Waals surface area contributed by atoms with Crippen molar-refractivity contribution >= 4 is 11.6 Å². The van der Waals surface area contributed by atoms with E-state index in [4.69, 9.17) is 16.0 Å². The Morgan fingerprint density at radius 3 is 3.00 bits per heavy atom. The Balaban J connectivity index is 1.31. The van der Waals surface area contributed by atoms with Gasteiger partial charge in [0.1, 0.15) is 0 Å². The topological polar surface area (TPSA) is 58.3 Å². The molecule has 24 heavy (non-hydrogen) atoms. The third-order valence-electron chi connectivity index (χ3n) is 4.91. The predicted octanol–water partition coefficient (Wildman–Crippen LogP) is 2.70. The number of rotatable bonds is 6. The fourth-order valence-corrected chi connectivity index (χ4v) is 3.44. The zero-order chi connectivity index (χ0) is 16.5. The Hall–Kier alpha value is -1.50. The van der Waals surface area contributed by atoms with Crippen molar-refractivity contribution in [3.05, 3.63) is 40.8 Å². The van der Waals surface area contributed by atoms with E-state index in [2.05, 4.69) is 32.0 Å². The van der Waals surface area contributed by atoms with Crippen LogP contribution in [0.2, 0.25) is 5.02 Å². The molecule has 2 fully saturated rings. The van der Waals surface area contributed by atoms with Gasteiger partial charge in [-0.05, 0) is 37.9 Å². The fourth-order valence-electron chi connectivity index (χ4n) is 3.26. The largest absolute Gasteiger partial charge is 0.424 e. The highest BCUT2D eigenvalue weighted by atomic mass is 35.5. The summed E-state index contributed by atoms with van der Waals surface area (Å²) in [5, 5.41) is 9.10. The molecule has 2 aliphatic rings. The van der Waals surface area contributed by atoms with Crippen LogP contribution in [0.1, 0.15) is 42.5 Å². The van der Waals surface area contributed by atoms with Gasteiger partial charge in [-0.25, -0.2) is 0 Å². The van der Waals surface area contributed by atoms with Gasteiger partial charge < -0.3 is 4.42 Å². The predicted molar refractivity (Wildman–Crippen MR) is 90.7 cm³/mol. The number of aromatic nitrogens is 3. The maximum Gasteiger partial charge on any atom is 0.230 e. The van der Waals surface area contributed by atoms with Crippen LogP contribution in [0.4, 0.5) is 0 Å². The minimum Gasteiger partial charge on any atom is -0.424 e. The summed E-state index contributed by atoms with van der Waals surface area (Å²) in [6, 6.07) is 2.50. The van der Waals surface area contributed by atoms with Crippen LogP contribution < -0.4 is 0 Å². The summed E-state index contributed by atoms with van der Waals surface area (Å²) in [6.07, 6.45) is 7.03. The molecule has 7 heteroatoms. The number of pyridine rings is 1. The molecule has 2 aromatic heterocycles. The summed E-state index contributed by atoms with van der Waals surface area (Å²) in [6.45, 7) is 3.69. The van der Waals surface area contributed by atoms with E-state index in [1.165, 1.54) is 12.8 Å². The van der Waals surface area contributed by atoms with Crippen LogP contribution >= 0.6 is 11.6 Å². The zero-order valence-electron chi connectivity index (χ0n) is 13.9. The molecule has 0 amide bonds. The van der Waals surface area contributed by atoms with Crippen molar-refractivity contribution in [3.63, 3.8) is 0 Å². The van der Waals surface area contributed by atoms with Gasteiger partial charge in [0.25, 0.3) is 0 Å². The normalized spacial score (nSPS) is 21.7. The lowest BCUT2D eigenvalue weighted by Gasteiger charge is -2.23. The van der Waals surface area contributed by atoms with E-state index < -0.39 is 0 Å². The minimum atomic E-state index is 0.502. The van der Waals surface area contributed by atoms with Crippen LogP contribution in [0.3, 0.4) is 0 Å². The molecule has 6 nitrogen and oxygen atoms in total. The lowest BCUT2D eigenvalue weighted by molar-refractivity contribution is 0.204. The van der Waals surface area contributed by atoms with E-state index in [9.17, 15) is 0 Å². The first kappa shape index (κ1) is 16.0. The Morgan fingerprint density at radius 1 is 1.33 bits per heavy atom. The summed E-state index contributed by atoms with van der Waals surface area (Å²) in [7, 11) is 2.13. The third-order valence-corrected chi connectivity index (χ3v) is 5.26. The highest BCUT2D eigenvalue weighted by Crippen LogP contribution is 2.39. The summed E-state index contributed by atoms with van der Waals surface area (Å²) in [5.41, 5.74) is 1.14. The molecule has 0 radical (unpaired) electrons. The fraction of sp³-hybridized carbons (Fsp3) is 0.588. The van der Waals surface area contributed by atoms with Crippen molar-refractivity contribution in [1.82, 2.24) is 25.0 Å². The smallest absolute Gasteiger partial charge is 0.230 e. The number of hydrogen-bond acceptors (Lipinski definition) is 6. The molecule has 1 atom stereocenters. The molecular weight excluding hydrogens is 326 g/mol. The van der Waals surface area contributed by atoms with Crippen molar-refractivity contribution in [2.24, 2.45) is 0 Å². The van der Waals surface area contributed by atoms with Crippen molar-refractivity contribution < 1.29 is 4.42 Å². The second kappa shape index (κ2) is 6.78. The van der Waals surface area contributed by atoms with Gasteiger partial charge in [-0.1, -0.05) is 11.6 Å². The summed E-state index contributed by atoms with van der Waals surface area (Å²) >= 11 is 6.21. The molecule has 2 aromatic rings. The zero-order valence-corrected chi connectivity index (χ0v) is 14.6. The minimum absolute atomic E-state index is 0.502.